The molecule has 0 saturated carbocycles. The van der Waals surface area contributed by atoms with E-state index < -0.39 is 17.8 Å². The summed E-state index contributed by atoms with van der Waals surface area (Å²) in [5.41, 5.74) is 2.98. The van der Waals surface area contributed by atoms with E-state index in [-0.39, 0.29) is 18.4 Å². The summed E-state index contributed by atoms with van der Waals surface area (Å²) in [7, 11) is 0. The highest BCUT2D eigenvalue weighted by Gasteiger charge is 2.42. The number of hydrogen-bond donors (Lipinski definition) is 1. The maximum atomic E-state index is 13.3. The van der Waals surface area contributed by atoms with Gasteiger partial charge in [0.1, 0.15) is 5.82 Å². The number of H-pyrrole nitrogens is 1. The number of nitrogens with zero attached hydrogens (tertiary/aromatic N) is 1. The van der Waals surface area contributed by atoms with Gasteiger partial charge in [0.05, 0.1) is 12.3 Å². The van der Waals surface area contributed by atoms with Crippen molar-refractivity contribution in [3.63, 3.8) is 0 Å². The van der Waals surface area contributed by atoms with Gasteiger partial charge in [-0.3, -0.25) is 4.79 Å². The van der Waals surface area contributed by atoms with Crippen LogP contribution in [-0.2, 0) is 9.53 Å². The second kappa shape index (κ2) is 7.11. The smallest absolute Gasteiger partial charge is 0.335 e. The van der Waals surface area contributed by atoms with Crippen molar-refractivity contribution in [1.82, 2.24) is 9.88 Å². The van der Waals surface area contributed by atoms with Crippen molar-refractivity contribution in [2.24, 2.45) is 0 Å². The fraction of sp³-hybridized carbons (Fsp3) is 0.273. The third-order valence-electron chi connectivity index (χ3n) is 5.19. The first-order valence-electron chi connectivity index (χ1n) is 9.35. The van der Waals surface area contributed by atoms with Gasteiger partial charge in [-0.2, -0.15) is 0 Å². The number of carbonyl (C=O) groups is 2. The number of fused-ring (bicyclic) bond motifs is 3. The van der Waals surface area contributed by atoms with Crippen molar-refractivity contribution in [1.29, 1.82) is 0 Å². The van der Waals surface area contributed by atoms with E-state index in [1.54, 1.807) is 6.92 Å². The highest BCUT2D eigenvalue weighted by atomic mass is 19.1. The predicted octanol–water partition coefficient (Wildman–Crippen LogP) is 4.17. The van der Waals surface area contributed by atoms with Gasteiger partial charge in [-0.15, -0.1) is 0 Å². The van der Waals surface area contributed by atoms with Crippen molar-refractivity contribution in [3.8, 4) is 0 Å². The number of carbonyl (C=O) groups excluding carboxylic acids is 2. The summed E-state index contributed by atoms with van der Waals surface area (Å²) in [6.45, 7) is 4.36. The lowest BCUT2D eigenvalue weighted by molar-refractivity contribution is -0.149. The molecule has 3 aromatic rings. The molecule has 2 heterocycles. The fourth-order valence-corrected chi connectivity index (χ4v) is 4.00. The molecule has 2 unspecified atom stereocenters. The van der Waals surface area contributed by atoms with Crippen molar-refractivity contribution < 1.29 is 18.7 Å². The number of aromatic nitrogens is 1. The fourth-order valence-electron chi connectivity index (χ4n) is 4.00. The number of hydrogen-bond acceptors (Lipinski definition) is 3. The van der Waals surface area contributed by atoms with E-state index in [4.69, 9.17) is 4.74 Å². The molecular formula is C22H21FN2O3. The lowest BCUT2D eigenvalue weighted by Crippen LogP contribution is -2.45. The van der Waals surface area contributed by atoms with Gasteiger partial charge in [-0.05, 0) is 42.8 Å². The van der Waals surface area contributed by atoms with Crippen LogP contribution in [0.4, 0.5) is 4.39 Å². The second-order valence-electron chi connectivity index (χ2n) is 7.02. The van der Waals surface area contributed by atoms with Gasteiger partial charge in [0, 0.05) is 28.9 Å². The van der Waals surface area contributed by atoms with Crippen LogP contribution in [0.3, 0.4) is 0 Å². The lowest BCUT2D eigenvalue weighted by Gasteiger charge is -2.37. The van der Waals surface area contributed by atoms with Crippen molar-refractivity contribution in [2.75, 3.05) is 13.2 Å². The zero-order chi connectivity index (χ0) is 19.8. The van der Waals surface area contributed by atoms with E-state index in [1.807, 2.05) is 31.2 Å². The molecule has 4 rings (SSSR count). The summed E-state index contributed by atoms with van der Waals surface area (Å²) in [6, 6.07) is 12.3. The van der Waals surface area contributed by atoms with Crippen LogP contribution in [0.15, 0.2) is 48.5 Å². The number of ether oxygens (including phenoxy) is 1. The molecule has 2 atom stereocenters. The summed E-state index contributed by atoms with van der Waals surface area (Å²) < 4.78 is 18.6. The van der Waals surface area contributed by atoms with E-state index in [0.717, 1.165) is 16.5 Å². The Balaban J connectivity index is 1.83. The van der Waals surface area contributed by atoms with Gasteiger partial charge in [0.25, 0.3) is 5.91 Å². The molecule has 1 aliphatic rings. The molecule has 1 amide bonds. The summed E-state index contributed by atoms with van der Waals surface area (Å²) in [6.07, 6.45) is 0. The molecule has 28 heavy (non-hydrogen) atoms. The Kier molecular flexibility index (Phi) is 4.63. The van der Waals surface area contributed by atoms with Gasteiger partial charge in [0.2, 0.25) is 0 Å². The number of nitrogens with one attached hydrogen (secondary N) is 1. The van der Waals surface area contributed by atoms with Crippen LogP contribution < -0.4 is 0 Å². The highest BCUT2D eigenvalue weighted by molar-refractivity contribution is 5.98. The molecule has 5 nitrogen and oxygen atoms in total. The minimum atomic E-state index is -0.865. The SMILES string of the molecule is CCOC(=O)C1c2[nH]c3ccccc3c2C(C)CN1C(=O)c1ccc(F)cc1. The summed E-state index contributed by atoms with van der Waals surface area (Å²) >= 11 is 0. The first-order chi connectivity index (χ1) is 13.5. The van der Waals surface area contributed by atoms with Crippen molar-refractivity contribution in [3.05, 3.63) is 71.2 Å². The summed E-state index contributed by atoms with van der Waals surface area (Å²) in [4.78, 5) is 30.9. The zero-order valence-electron chi connectivity index (χ0n) is 15.7. The molecule has 0 aliphatic carbocycles. The van der Waals surface area contributed by atoms with Crippen LogP contribution in [0.1, 0.15) is 47.4 Å². The molecule has 6 heteroatoms. The lowest BCUT2D eigenvalue weighted by atomic mass is 9.89. The number of benzene rings is 2. The average molecular weight is 380 g/mol. The molecule has 0 radical (unpaired) electrons. The normalized spacial score (nSPS) is 18.8. The predicted molar refractivity (Wildman–Crippen MR) is 104 cm³/mol. The van der Waals surface area contributed by atoms with Crippen LogP contribution in [-0.4, -0.2) is 34.9 Å². The van der Waals surface area contributed by atoms with E-state index in [2.05, 4.69) is 4.98 Å². The summed E-state index contributed by atoms with van der Waals surface area (Å²) in [5, 5.41) is 1.05. The molecule has 144 valence electrons. The van der Waals surface area contributed by atoms with Crippen LogP contribution in [0, 0.1) is 5.82 Å². The molecule has 0 bridgehead atoms. The summed E-state index contributed by atoms with van der Waals surface area (Å²) in [5.74, 6) is -1.18. The Bertz CT molecular complexity index is 1040. The number of aromatic amines is 1. The van der Waals surface area contributed by atoms with Crippen LogP contribution in [0.5, 0.6) is 0 Å². The van der Waals surface area contributed by atoms with Crippen LogP contribution in [0.25, 0.3) is 10.9 Å². The van der Waals surface area contributed by atoms with Gasteiger partial charge < -0.3 is 14.6 Å². The molecule has 0 spiro atoms. The first kappa shape index (κ1) is 18.2. The standard InChI is InChI=1S/C22H21FN2O3/c1-3-28-22(27)20-19-18(16-6-4-5-7-17(16)24-19)13(2)12-25(20)21(26)14-8-10-15(23)11-9-14/h4-11,13,20,24H,3,12H2,1-2H3. The molecule has 1 N–H and O–H groups in total. The minimum Gasteiger partial charge on any atom is -0.464 e. The first-order valence-corrected chi connectivity index (χ1v) is 9.35. The van der Waals surface area contributed by atoms with Gasteiger partial charge in [0.15, 0.2) is 6.04 Å². The second-order valence-corrected chi connectivity index (χ2v) is 7.02. The maximum absolute atomic E-state index is 13.3. The number of rotatable bonds is 3. The van der Waals surface area contributed by atoms with Gasteiger partial charge in [-0.1, -0.05) is 25.1 Å². The third kappa shape index (κ3) is 2.95. The molecular weight excluding hydrogens is 359 g/mol. The number of amides is 1. The molecule has 0 fully saturated rings. The highest BCUT2D eigenvalue weighted by Crippen LogP contribution is 2.41. The largest absolute Gasteiger partial charge is 0.464 e. The third-order valence-corrected chi connectivity index (χ3v) is 5.19. The van der Waals surface area contributed by atoms with Crippen LogP contribution >= 0.6 is 0 Å². The Labute approximate surface area is 162 Å². The number of halogens is 1. The number of para-hydroxylation sites is 1. The molecule has 2 aromatic carbocycles. The quantitative estimate of drug-likeness (QED) is 0.694. The van der Waals surface area contributed by atoms with E-state index in [9.17, 15) is 14.0 Å². The maximum Gasteiger partial charge on any atom is 0.335 e. The minimum absolute atomic E-state index is 0.0289. The Hall–Kier alpha value is -3.15. The Morgan fingerprint density at radius 3 is 2.61 bits per heavy atom. The van der Waals surface area contributed by atoms with Crippen LogP contribution in [0.2, 0.25) is 0 Å². The molecule has 1 aliphatic heterocycles. The monoisotopic (exact) mass is 380 g/mol. The zero-order valence-corrected chi connectivity index (χ0v) is 15.7. The Morgan fingerprint density at radius 1 is 1.18 bits per heavy atom. The Morgan fingerprint density at radius 2 is 1.89 bits per heavy atom. The topological polar surface area (TPSA) is 62.4 Å². The van der Waals surface area contributed by atoms with Crippen molar-refractivity contribution >= 4 is 22.8 Å². The molecule has 0 saturated heterocycles. The van der Waals surface area contributed by atoms with Gasteiger partial charge >= 0.3 is 5.97 Å². The van der Waals surface area contributed by atoms with E-state index >= 15 is 0 Å². The van der Waals surface area contributed by atoms with Crippen molar-refractivity contribution in [2.45, 2.75) is 25.8 Å². The van der Waals surface area contributed by atoms with Gasteiger partial charge in [-0.25, -0.2) is 9.18 Å². The average Bonchev–Trinajstić information content (AvgIpc) is 3.07. The van der Waals surface area contributed by atoms with E-state index in [0.29, 0.717) is 17.8 Å². The molecule has 1 aromatic heterocycles. The number of esters is 1. The van der Waals surface area contributed by atoms with E-state index in [1.165, 1.54) is 29.2 Å².